The van der Waals surface area contributed by atoms with E-state index in [-0.39, 0.29) is 6.26 Å². The SMILES string of the molecule is FC1=COC(F)(C(F)(F)F)O1. The second-order valence-electron chi connectivity index (χ2n) is 1.68. The monoisotopic (exact) mass is 176 g/mol. The predicted molar refractivity (Wildman–Crippen MR) is 21.3 cm³/mol. The zero-order valence-electron chi connectivity index (χ0n) is 4.78. The van der Waals surface area contributed by atoms with Crippen molar-refractivity contribution in [2.75, 3.05) is 0 Å². The smallest absolute Gasteiger partial charge is 0.421 e. The third kappa shape index (κ3) is 1.22. The van der Waals surface area contributed by atoms with Gasteiger partial charge in [0.05, 0.1) is 0 Å². The van der Waals surface area contributed by atoms with Crippen LogP contribution in [0, 0.1) is 0 Å². The van der Waals surface area contributed by atoms with Gasteiger partial charge >= 0.3 is 18.2 Å². The number of rotatable bonds is 0. The lowest BCUT2D eigenvalue weighted by Gasteiger charge is -2.19. The van der Waals surface area contributed by atoms with Gasteiger partial charge in [0.15, 0.2) is 6.26 Å². The lowest BCUT2D eigenvalue weighted by atomic mass is 10.6. The maximum atomic E-state index is 12.2. The highest BCUT2D eigenvalue weighted by Crippen LogP contribution is 2.41. The molecule has 0 bridgehead atoms. The average Bonchev–Trinajstić information content (AvgIpc) is 2.10. The standard InChI is InChI=1S/C4HF5O2/c5-2-1-10-4(9,11-2)3(6,7)8/h1H. The molecule has 0 aromatic carbocycles. The van der Waals surface area contributed by atoms with Crippen LogP contribution in [0.25, 0.3) is 0 Å². The van der Waals surface area contributed by atoms with Crippen molar-refractivity contribution in [1.29, 1.82) is 0 Å². The van der Waals surface area contributed by atoms with E-state index in [9.17, 15) is 22.0 Å². The molecule has 0 amide bonds. The molecular formula is C4HF5O2. The third-order valence-corrected chi connectivity index (χ3v) is 0.871. The van der Waals surface area contributed by atoms with Crippen molar-refractivity contribution in [2.45, 2.75) is 12.2 Å². The van der Waals surface area contributed by atoms with Crippen molar-refractivity contribution >= 4 is 0 Å². The summed E-state index contributed by atoms with van der Waals surface area (Å²) in [5, 5.41) is 0. The van der Waals surface area contributed by atoms with Gasteiger partial charge in [-0.05, 0) is 0 Å². The first-order valence-electron chi connectivity index (χ1n) is 2.33. The molecule has 1 aliphatic heterocycles. The molecule has 7 heteroatoms. The van der Waals surface area contributed by atoms with E-state index >= 15 is 0 Å². The van der Waals surface area contributed by atoms with Crippen LogP contribution in [-0.4, -0.2) is 12.2 Å². The molecule has 2 nitrogen and oxygen atoms in total. The molecule has 11 heavy (non-hydrogen) atoms. The summed E-state index contributed by atoms with van der Waals surface area (Å²) in [6.45, 7) is 0. The molecule has 64 valence electrons. The average molecular weight is 176 g/mol. The maximum Gasteiger partial charge on any atom is 0.511 e. The van der Waals surface area contributed by atoms with Crippen LogP contribution in [0.3, 0.4) is 0 Å². The molecule has 0 spiro atoms. The number of hydrogen-bond donors (Lipinski definition) is 0. The van der Waals surface area contributed by atoms with Crippen molar-refractivity contribution in [3.63, 3.8) is 0 Å². The molecule has 0 radical (unpaired) electrons. The Hall–Kier alpha value is -1.01. The molecule has 0 N–H and O–H groups in total. The Morgan fingerprint density at radius 3 is 2.09 bits per heavy atom. The van der Waals surface area contributed by atoms with Gasteiger partial charge in [0, 0.05) is 0 Å². The lowest BCUT2D eigenvalue weighted by molar-refractivity contribution is -0.401. The summed E-state index contributed by atoms with van der Waals surface area (Å²) in [7, 11) is 0. The summed E-state index contributed by atoms with van der Waals surface area (Å²) >= 11 is 0. The number of ether oxygens (including phenoxy) is 2. The molecule has 0 aliphatic carbocycles. The highest BCUT2D eigenvalue weighted by atomic mass is 19.4. The van der Waals surface area contributed by atoms with Crippen molar-refractivity contribution in [3.05, 3.63) is 12.3 Å². The first-order valence-corrected chi connectivity index (χ1v) is 2.33. The van der Waals surface area contributed by atoms with E-state index in [0.717, 1.165) is 0 Å². The van der Waals surface area contributed by atoms with Crippen molar-refractivity contribution in [1.82, 2.24) is 0 Å². The van der Waals surface area contributed by atoms with Gasteiger partial charge in [-0.3, -0.25) is 0 Å². The first kappa shape index (κ1) is 8.09. The van der Waals surface area contributed by atoms with Gasteiger partial charge in [0.25, 0.3) is 0 Å². The van der Waals surface area contributed by atoms with Crippen LogP contribution >= 0.6 is 0 Å². The minimum atomic E-state index is -5.41. The first-order chi connectivity index (χ1) is 4.85. The molecule has 0 aromatic heterocycles. The Morgan fingerprint density at radius 1 is 1.36 bits per heavy atom. The Kier molecular flexibility index (Phi) is 1.46. The quantitative estimate of drug-likeness (QED) is 0.525. The summed E-state index contributed by atoms with van der Waals surface area (Å²) < 4.78 is 64.8. The van der Waals surface area contributed by atoms with Crippen molar-refractivity contribution in [2.24, 2.45) is 0 Å². The minimum Gasteiger partial charge on any atom is -0.421 e. The molecule has 1 aliphatic rings. The Balaban J connectivity index is 2.74. The van der Waals surface area contributed by atoms with E-state index in [0.29, 0.717) is 0 Å². The second-order valence-corrected chi connectivity index (χ2v) is 1.68. The van der Waals surface area contributed by atoms with E-state index < -0.39 is 18.2 Å². The summed E-state index contributed by atoms with van der Waals surface area (Å²) in [4.78, 5) is 0. The van der Waals surface area contributed by atoms with Crippen molar-refractivity contribution in [3.8, 4) is 0 Å². The Bertz CT molecular complexity index is 197. The van der Waals surface area contributed by atoms with E-state index in [1.807, 2.05) is 0 Å². The zero-order chi connectivity index (χ0) is 8.70. The van der Waals surface area contributed by atoms with Gasteiger partial charge in [-0.2, -0.15) is 17.6 Å². The molecule has 0 aromatic rings. The highest BCUT2D eigenvalue weighted by molar-refractivity contribution is 4.87. The van der Waals surface area contributed by atoms with Gasteiger partial charge in [-0.1, -0.05) is 0 Å². The predicted octanol–water partition coefficient (Wildman–Crippen LogP) is 1.99. The second kappa shape index (κ2) is 1.99. The maximum absolute atomic E-state index is 12.2. The van der Waals surface area contributed by atoms with Crippen LogP contribution in [0.5, 0.6) is 0 Å². The van der Waals surface area contributed by atoms with E-state index in [1.54, 1.807) is 0 Å². The molecule has 1 unspecified atom stereocenters. The number of hydrogen-bond acceptors (Lipinski definition) is 2. The fraction of sp³-hybridized carbons (Fsp3) is 0.500. The van der Waals surface area contributed by atoms with Gasteiger partial charge < -0.3 is 9.47 Å². The normalized spacial score (nSPS) is 30.8. The number of halogens is 5. The van der Waals surface area contributed by atoms with E-state index in [4.69, 9.17) is 0 Å². The van der Waals surface area contributed by atoms with Crippen molar-refractivity contribution < 1.29 is 31.4 Å². The Labute approximate surface area is 57.2 Å². The molecule has 1 atom stereocenters. The molecule has 0 saturated heterocycles. The van der Waals surface area contributed by atoms with E-state index in [1.165, 1.54) is 0 Å². The Morgan fingerprint density at radius 2 is 1.91 bits per heavy atom. The summed E-state index contributed by atoms with van der Waals surface area (Å²) in [5.41, 5.74) is 0. The third-order valence-electron chi connectivity index (χ3n) is 0.871. The molecular weight excluding hydrogens is 175 g/mol. The summed E-state index contributed by atoms with van der Waals surface area (Å²) in [6, 6.07) is -6.11. The van der Waals surface area contributed by atoms with Crippen LogP contribution in [-0.2, 0) is 9.47 Å². The fourth-order valence-electron chi connectivity index (χ4n) is 0.420. The molecule has 1 heterocycles. The summed E-state index contributed by atoms with van der Waals surface area (Å²) in [5.74, 6) is 0. The van der Waals surface area contributed by atoms with Crippen LogP contribution in [0.1, 0.15) is 0 Å². The fourth-order valence-corrected chi connectivity index (χ4v) is 0.420. The van der Waals surface area contributed by atoms with Crippen LogP contribution in [0.15, 0.2) is 12.3 Å². The molecule has 1 rings (SSSR count). The van der Waals surface area contributed by atoms with Gasteiger partial charge in [-0.15, -0.1) is 4.39 Å². The topological polar surface area (TPSA) is 18.5 Å². The van der Waals surface area contributed by atoms with Crippen LogP contribution in [0.4, 0.5) is 22.0 Å². The van der Waals surface area contributed by atoms with Crippen LogP contribution < -0.4 is 0 Å². The molecule has 0 saturated carbocycles. The highest BCUT2D eigenvalue weighted by Gasteiger charge is 2.65. The van der Waals surface area contributed by atoms with E-state index in [2.05, 4.69) is 9.47 Å². The largest absolute Gasteiger partial charge is 0.511 e. The zero-order valence-corrected chi connectivity index (χ0v) is 4.78. The summed E-state index contributed by atoms with van der Waals surface area (Å²) in [6.07, 6.45) is -5.50. The van der Waals surface area contributed by atoms with Gasteiger partial charge in [-0.25, -0.2) is 0 Å². The van der Waals surface area contributed by atoms with Gasteiger partial charge in [0.1, 0.15) is 0 Å². The minimum absolute atomic E-state index is 0.0898. The molecule has 0 fully saturated rings. The lowest BCUT2D eigenvalue weighted by Crippen LogP contribution is -2.41. The van der Waals surface area contributed by atoms with Crippen LogP contribution in [0.2, 0.25) is 0 Å². The van der Waals surface area contributed by atoms with Gasteiger partial charge in [0.2, 0.25) is 0 Å². The number of alkyl halides is 4.